The van der Waals surface area contributed by atoms with Crippen molar-refractivity contribution in [3.8, 4) is 0 Å². The van der Waals surface area contributed by atoms with Crippen molar-refractivity contribution in [2.75, 3.05) is 0 Å². The van der Waals surface area contributed by atoms with E-state index in [1.807, 2.05) is 0 Å². The Kier molecular flexibility index (Phi) is 3.63. The predicted octanol–water partition coefficient (Wildman–Crippen LogP) is 1.27. The van der Waals surface area contributed by atoms with Gasteiger partial charge >= 0.3 is 0 Å². The fourth-order valence-corrected chi connectivity index (χ4v) is 1.24. The summed E-state index contributed by atoms with van der Waals surface area (Å²) in [7, 11) is 0. The fourth-order valence-electron chi connectivity index (χ4n) is 1.24. The second kappa shape index (κ2) is 4.57. The summed E-state index contributed by atoms with van der Waals surface area (Å²) in [5.41, 5.74) is -0.587. The van der Waals surface area contributed by atoms with Crippen LogP contribution < -0.4 is 5.56 Å². The van der Waals surface area contributed by atoms with Crippen molar-refractivity contribution in [1.29, 1.82) is 0 Å². The Morgan fingerprint density at radius 1 is 1.47 bits per heavy atom. The Balaban J connectivity index is 3.01. The van der Waals surface area contributed by atoms with Gasteiger partial charge in [-0.3, -0.25) is 4.79 Å². The predicted molar refractivity (Wildman–Crippen MR) is 58.6 cm³/mol. The van der Waals surface area contributed by atoms with Crippen LogP contribution in [0.25, 0.3) is 0 Å². The third-order valence-corrected chi connectivity index (χ3v) is 2.22. The van der Waals surface area contributed by atoms with Crippen molar-refractivity contribution < 1.29 is 5.11 Å². The monoisotopic (exact) mass is 210 g/mol. The molecule has 0 aromatic carbocycles. The summed E-state index contributed by atoms with van der Waals surface area (Å²) in [6.07, 6.45) is 1.93. The maximum Gasteiger partial charge on any atom is 0.266 e. The van der Waals surface area contributed by atoms with Crippen LogP contribution >= 0.6 is 0 Å². The maximum atomic E-state index is 11.4. The number of hydrogen-bond acceptors (Lipinski definition) is 3. The van der Waals surface area contributed by atoms with E-state index < -0.39 is 5.60 Å². The average Bonchev–Trinajstić information content (AvgIpc) is 2.15. The molecule has 0 aliphatic rings. The molecule has 0 aliphatic carbocycles. The Hall–Kier alpha value is -1.16. The lowest BCUT2D eigenvalue weighted by Crippen LogP contribution is -2.28. The van der Waals surface area contributed by atoms with Gasteiger partial charge in [0.15, 0.2) is 0 Å². The molecule has 4 nitrogen and oxygen atoms in total. The molecule has 0 unspecified atom stereocenters. The molecular weight excluding hydrogens is 192 g/mol. The van der Waals surface area contributed by atoms with Crippen molar-refractivity contribution in [3.05, 3.63) is 28.2 Å². The van der Waals surface area contributed by atoms with Gasteiger partial charge in [0.2, 0.25) is 0 Å². The second-order valence-electron chi connectivity index (χ2n) is 4.19. The molecule has 1 rings (SSSR count). The van der Waals surface area contributed by atoms with E-state index in [1.54, 1.807) is 19.9 Å². The average molecular weight is 210 g/mol. The zero-order valence-corrected chi connectivity index (χ0v) is 9.53. The Morgan fingerprint density at radius 3 is 2.67 bits per heavy atom. The van der Waals surface area contributed by atoms with Crippen LogP contribution in [0.4, 0.5) is 0 Å². The third kappa shape index (κ3) is 3.16. The van der Waals surface area contributed by atoms with Gasteiger partial charge in [0.25, 0.3) is 5.56 Å². The first kappa shape index (κ1) is 11.9. The van der Waals surface area contributed by atoms with Crippen LogP contribution in [-0.2, 0) is 12.1 Å². The molecule has 0 saturated heterocycles. The van der Waals surface area contributed by atoms with E-state index in [2.05, 4.69) is 12.0 Å². The molecule has 0 radical (unpaired) electrons. The topological polar surface area (TPSA) is 55.1 Å². The lowest BCUT2D eigenvalue weighted by atomic mass is 10.1. The number of hydrogen-bond donors (Lipinski definition) is 1. The van der Waals surface area contributed by atoms with E-state index in [0.717, 1.165) is 12.8 Å². The fraction of sp³-hybridized carbons (Fsp3) is 0.636. The van der Waals surface area contributed by atoms with Crippen LogP contribution in [0.2, 0.25) is 0 Å². The molecule has 0 bridgehead atoms. The third-order valence-electron chi connectivity index (χ3n) is 2.22. The summed E-state index contributed by atoms with van der Waals surface area (Å²) in [6.45, 7) is 5.98. The van der Waals surface area contributed by atoms with Crippen LogP contribution in [0, 0.1) is 0 Å². The van der Waals surface area contributed by atoms with E-state index in [1.165, 1.54) is 10.7 Å². The van der Waals surface area contributed by atoms with Crippen molar-refractivity contribution in [1.82, 2.24) is 9.78 Å². The SMILES string of the molecule is CCCCn1nc(C(C)(C)O)ccc1=O. The first-order valence-corrected chi connectivity index (χ1v) is 5.26. The summed E-state index contributed by atoms with van der Waals surface area (Å²) in [6, 6.07) is 3.03. The van der Waals surface area contributed by atoms with Crippen molar-refractivity contribution in [3.63, 3.8) is 0 Å². The molecule has 1 heterocycles. The van der Waals surface area contributed by atoms with E-state index in [0.29, 0.717) is 12.2 Å². The van der Waals surface area contributed by atoms with Crippen LogP contribution in [0.1, 0.15) is 39.3 Å². The minimum absolute atomic E-state index is 0.114. The number of unbranched alkanes of at least 4 members (excludes halogenated alkanes) is 1. The number of aryl methyl sites for hydroxylation is 1. The van der Waals surface area contributed by atoms with Gasteiger partial charge in [0, 0.05) is 12.6 Å². The van der Waals surface area contributed by atoms with Gasteiger partial charge in [-0.15, -0.1) is 0 Å². The highest BCUT2D eigenvalue weighted by Crippen LogP contribution is 2.14. The molecule has 4 heteroatoms. The Labute approximate surface area is 89.6 Å². The largest absolute Gasteiger partial charge is 0.384 e. The Bertz CT molecular complexity index is 377. The van der Waals surface area contributed by atoms with Crippen LogP contribution in [0.5, 0.6) is 0 Å². The molecule has 0 aliphatic heterocycles. The molecule has 1 aromatic heterocycles. The summed E-state index contributed by atoms with van der Waals surface area (Å²) >= 11 is 0. The number of aromatic nitrogens is 2. The van der Waals surface area contributed by atoms with E-state index in [4.69, 9.17) is 0 Å². The molecular formula is C11H18N2O2. The van der Waals surface area contributed by atoms with Crippen molar-refractivity contribution >= 4 is 0 Å². The standard InChI is InChI=1S/C11H18N2O2/c1-4-5-8-13-10(14)7-6-9(12-13)11(2,3)15/h6-7,15H,4-5,8H2,1-3H3. The summed E-state index contributed by atoms with van der Waals surface area (Å²) in [5.74, 6) is 0. The van der Waals surface area contributed by atoms with Crippen LogP contribution in [0.15, 0.2) is 16.9 Å². The molecule has 0 spiro atoms. The van der Waals surface area contributed by atoms with Gasteiger partial charge < -0.3 is 5.11 Å². The minimum atomic E-state index is -0.998. The quantitative estimate of drug-likeness (QED) is 0.814. The normalized spacial score (nSPS) is 11.7. The lowest BCUT2D eigenvalue weighted by molar-refractivity contribution is 0.0714. The van der Waals surface area contributed by atoms with Gasteiger partial charge in [-0.05, 0) is 26.3 Å². The maximum absolute atomic E-state index is 11.4. The van der Waals surface area contributed by atoms with Gasteiger partial charge in [-0.2, -0.15) is 5.10 Å². The molecule has 0 fully saturated rings. The van der Waals surface area contributed by atoms with E-state index >= 15 is 0 Å². The van der Waals surface area contributed by atoms with Crippen LogP contribution in [-0.4, -0.2) is 14.9 Å². The van der Waals surface area contributed by atoms with Crippen molar-refractivity contribution in [2.24, 2.45) is 0 Å². The summed E-state index contributed by atoms with van der Waals surface area (Å²) in [4.78, 5) is 11.4. The minimum Gasteiger partial charge on any atom is -0.384 e. The highest BCUT2D eigenvalue weighted by Gasteiger charge is 2.18. The van der Waals surface area contributed by atoms with Gasteiger partial charge in [-0.1, -0.05) is 13.3 Å². The number of aliphatic hydroxyl groups is 1. The summed E-state index contributed by atoms with van der Waals surface area (Å²) in [5, 5.41) is 13.9. The molecule has 0 atom stereocenters. The molecule has 1 N–H and O–H groups in total. The zero-order chi connectivity index (χ0) is 11.5. The zero-order valence-electron chi connectivity index (χ0n) is 9.53. The molecule has 15 heavy (non-hydrogen) atoms. The lowest BCUT2D eigenvalue weighted by Gasteiger charge is -2.17. The number of nitrogens with zero attached hydrogens (tertiary/aromatic N) is 2. The highest BCUT2D eigenvalue weighted by atomic mass is 16.3. The van der Waals surface area contributed by atoms with Gasteiger partial charge in [0.05, 0.1) is 5.69 Å². The highest BCUT2D eigenvalue weighted by molar-refractivity contribution is 5.07. The molecule has 84 valence electrons. The molecule has 1 aromatic rings. The van der Waals surface area contributed by atoms with E-state index in [9.17, 15) is 9.90 Å². The number of rotatable bonds is 4. The van der Waals surface area contributed by atoms with Crippen LogP contribution in [0.3, 0.4) is 0 Å². The second-order valence-corrected chi connectivity index (χ2v) is 4.19. The van der Waals surface area contributed by atoms with Gasteiger partial charge in [0.1, 0.15) is 5.60 Å². The van der Waals surface area contributed by atoms with Crippen molar-refractivity contribution in [2.45, 2.75) is 45.8 Å². The molecule has 0 saturated carbocycles. The molecule has 0 amide bonds. The first-order chi connectivity index (χ1) is 6.95. The van der Waals surface area contributed by atoms with E-state index in [-0.39, 0.29) is 5.56 Å². The smallest absolute Gasteiger partial charge is 0.266 e. The summed E-state index contributed by atoms with van der Waals surface area (Å²) < 4.78 is 1.41. The Morgan fingerprint density at radius 2 is 2.13 bits per heavy atom. The first-order valence-electron chi connectivity index (χ1n) is 5.26. The van der Waals surface area contributed by atoms with Gasteiger partial charge in [-0.25, -0.2) is 4.68 Å².